The third-order valence-corrected chi connectivity index (χ3v) is 9.33. The van der Waals surface area contributed by atoms with Gasteiger partial charge in [-0.15, -0.1) is 0 Å². The molecule has 0 aliphatic rings. The van der Waals surface area contributed by atoms with Crippen LogP contribution in [0.25, 0.3) is 0 Å². The van der Waals surface area contributed by atoms with E-state index in [-0.39, 0.29) is 29.8 Å². The molecule has 230 valence electrons. The molecule has 4 aromatic carbocycles. The van der Waals surface area contributed by atoms with Crippen LogP contribution in [0.2, 0.25) is 5.02 Å². The van der Waals surface area contributed by atoms with Crippen LogP contribution in [-0.4, -0.2) is 43.8 Å². The van der Waals surface area contributed by atoms with Gasteiger partial charge in [0.25, 0.3) is 10.0 Å². The van der Waals surface area contributed by atoms with E-state index in [1.807, 2.05) is 70.2 Å². The summed E-state index contributed by atoms with van der Waals surface area (Å²) in [6.45, 7) is 6.92. The highest BCUT2D eigenvalue weighted by Gasteiger charge is 2.35. The molecule has 1 atom stereocenters. The zero-order valence-electron chi connectivity index (χ0n) is 25.4. The number of nitrogens with one attached hydrogen (secondary N) is 1. The summed E-state index contributed by atoms with van der Waals surface area (Å²) in [5.74, 6) is -0.880. The molecule has 1 N–H and O–H groups in total. The maximum Gasteiger partial charge on any atom is 0.264 e. The molecular formula is C35H38ClN3O4S. The van der Waals surface area contributed by atoms with Crippen LogP contribution in [-0.2, 0) is 32.6 Å². The van der Waals surface area contributed by atoms with Crippen LogP contribution in [0.3, 0.4) is 0 Å². The van der Waals surface area contributed by atoms with Crippen LogP contribution < -0.4 is 9.62 Å². The van der Waals surface area contributed by atoms with Gasteiger partial charge in [-0.05, 0) is 74.7 Å². The number of hydrogen-bond donors (Lipinski definition) is 1. The van der Waals surface area contributed by atoms with Crippen LogP contribution in [0.15, 0.2) is 108 Å². The molecule has 0 fully saturated rings. The molecule has 0 heterocycles. The Hall–Kier alpha value is -4.14. The lowest BCUT2D eigenvalue weighted by Gasteiger charge is -2.34. The Bertz CT molecular complexity index is 1690. The number of amides is 2. The van der Waals surface area contributed by atoms with Crippen molar-refractivity contribution >= 4 is 39.1 Å². The van der Waals surface area contributed by atoms with Crippen LogP contribution in [0.1, 0.15) is 36.1 Å². The molecule has 0 aliphatic carbocycles. The Balaban J connectivity index is 1.82. The van der Waals surface area contributed by atoms with E-state index >= 15 is 0 Å². The van der Waals surface area contributed by atoms with Gasteiger partial charge < -0.3 is 10.2 Å². The van der Waals surface area contributed by atoms with Crippen molar-refractivity contribution in [3.8, 4) is 0 Å². The van der Waals surface area contributed by atoms with Gasteiger partial charge in [-0.25, -0.2) is 8.42 Å². The van der Waals surface area contributed by atoms with E-state index in [0.717, 1.165) is 21.0 Å². The average Bonchev–Trinajstić information content (AvgIpc) is 2.98. The molecule has 0 aromatic heterocycles. The molecule has 0 spiro atoms. The van der Waals surface area contributed by atoms with Crippen molar-refractivity contribution in [2.45, 2.75) is 57.6 Å². The Labute approximate surface area is 265 Å². The highest BCUT2D eigenvalue weighted by atomic mass is 35.5. The summed E-state index contributed by atoms with van der Waals surface area (Å²) in [5.41, 5.74) is 3.60. The predicted molar refractivity (Wildman–Crippen MR) is 176 cm³/mol. The second kappa shape index (κ2) is 14.6. The maximum atomic E-state index is 14.5. The number of halogens is 1. The number of hydrogen-bond acceptors (Lipinski definition) is 4. The smallest absolute Gasteiger partial charge is 0.264 e. The van der Waals surface area contributed by atoms with Crippen molar-refractivity contribution in [3.05, 3.63) is 130 Å². The first-order valence-corrected chi connectivity index (χ1v) is 16.3. The van der Waals surface area contributed by atoms with Gasteiger partial charge >= 0.3 is 0 Å². The van der Waals surface area contributed by atoms with Crippen molar-refractivity contribution < 1.29 is 18.0 Å². The fourth-order valence-corrected chi connectivity index (χ4v) is 6.50. The van der Waals surface area contributed by atoms with E-state index in [0.29, 0.717) is 16.3 Å². The van der Waals surface area contributed by atoms with E-state index in [1.54, 1.807) is 48.5 Å². The second-order valence-electron chi connectivity index (χ2n) is 11.1. The SMILES string of the molecule is Cc1ccc(S(=O)(=O)N(CC(=O)N(Cc2ccccc2Cl)[C@H](Cc2ccccc2)C(=O)NC(C)C)c2cccc(C)c2)cc1. The minimum Gasteiger partial charge on any atom is -0.352 e. The number of sulfonamides is 1. The van der Waals surface area contributed by atoms with Crippen molar-refractivity contribution in [1.29, 1.82) is 0 Å². The summed E-state index contributed by atoms with van der Waals surface area (Å²) in [5, 5.41) is 3.40. The van der Waals surface area contributed by atoms with Crippen molar-refractivity contribution in [3.63, 3.8) is 0 Å². The van der Waals surface area contributed by atoms with E-state index in [9.17, 15) is 18.0 Å². The molecule has 0 saturated carbocycles. The molecule has 9 heteroatoms. The lowest BCUT2D eigenvalue weighted by molar-refractivity contribution is -0.140. The first kappa shape index (κ1) is 32.8. The van der Waals surface area contributed by atoms with Crippen LogP contribution in [0, 0.1) is 13.8 Å². The number of benzene rings is 4. The summed E-state index contributed by atoms with van der Waals surface area (Å²) in [7, 11) is -4.16. The van der Waals surface area contributed by atoms with Gasteiger partial charge in [-0.1, -0.05) is 90.0 Å². The van der Waals surface area contributed by atoms with Gasteiger partial charge in [0, 0.05) is 24.0 Å². The standard InChI is InChI=1S/C35H38ClN3O4S/c1-25(2)37-35(41)33(22-28-12-6-5-7-13-28)38(23-29-14-8-9-16-32(29)36)34(40)24-39(30-15-10-11-27(4)21-30)44(42,43)31-19-17-26(3)18-20-31/h5-21,25,33H,22-24H2,1-4H3,(H,37,41)/t33-/m1/s1. The van der Waals surface area contributed by atoms with Crippen LogP contribution in [0.4, 0.5) is 5.69 Å². The average molecular weight is 632 g/mol. The van der Waals surface area contributed by atoms with Gasteiger partial charge in [0.1, 0.15) is 12.6 Å². The molecule has 0 unspecified atom stereocenters. The zero-order chi connectivity index (χ0) is 31.9. The Morgan fingerprint density at radius 1 is 0.818 bits per heavy atom. The monoisotopic (exact) mass is 631 g/mol. The molecule has 4 aromatic rings. The van der Waals surface area contributed by atoms with E-state index in [4.69, 9.17) is 11.6 Å². The topological polar surface area (TPSA) is 86.8 Å². The number of carbonyl (C=O) groups is 2. The Kier molecular flexibility index (Phi) is 10.8. The fraction of sp³-hybridized carbons (Fsp3) is 0.257. The number of carbonyl (C=O) groups excluding carboxylic acids is 2. The summed E-state index contributed by atoms with van der Waals surface area (Å²) in [6, 6.07) is 28.9. The molecule has 44 heavy (non-hydrogen) atoms. The summed E-state index contributed by atoms with van der Waals surface area (Å²) < 4.78 is 29.4. The summed E-state index contributed by atoms with van der Waals surface area (Å²) in [4.78, 5) is 29.7. The third kappa shape index (κ3) is 8.27. The predicted octanol–water partition coefficient (Wildman–Crippen LogP) is 6.32. The summed E-state index contributed by atoms with van der Waals surface area (Å²) in [6.07, 6.45) is 0.227. The van der Waals surface area contributed by atoms with Gasteiger partial charge in [-0.3, -0.25) is 13.9 Å². The van der Waals surface area contributed by atoms with Crippen LogP contribution >= 0.6 is 11.6 Å². The summed E-state index contributed by atoms with van der Waals surface area (Å²) >= 11 is 6.54. The van der Waals surface area contributed by atoms with Crippen molar-refractivity contribution in [2.24, 2.45) is 0 Å². The molecule has 0 radical (unpaired) electrons. The Morgan fingerprint density at radius 2 is 1.48 bits per heavy atom. The first-order chi connectivity index (χ1) is 21.0. The number of rotatable bonds is 12. The number of anilines is 1. The number of aryl methyl sites for hydroxylation is 2. The zero-order valence-corrected chi connectivity index (χ0v) is 27.0. The lowest BCUT2D eigenvalue weighted by atomic mass is 10.0. The quantitative estimate of drug-likeness (QED) is 0.198. The van der Waals surface area contributed by atoms with E-state index in [2.05, 4.69) is 5.32 Å². The molecule has 4 rings (SSSR count). The highest BCUT2D eigenvalue weighted by Crippen LogP contribution is 2.27. The van der Waals surface area contributed by atoms with Crippen molar-refractivity contribution in [1.82, 2.24) is 10.2 Å². The van der Waals surface area contributed by atoms with Gasteiger partial charge in [0.15, 0.2) is 0 Å². The first-order valence-electron chi connectivity index (χ1n) is 14.5. The van der Waals surface area contributed by atoms with Crippen molar-refractivity contribution in [2.75, 3.05) is 10.8 Å². The largest absolute Gasteiger partial charge is 0.352 e. The molecule has 0 saturated heterocycles. The maximum absolute atomic E-state index is 14.5. The van der Waals surface area contributed by atoms with Gasteiger partial charge in [0.05, 0.1) is 10.6 Å². The molecule has 0 bridgehead atoms. The molecule has 0 aliphatic heterocycles. The molecular weight excluding hydrogens is 594 g/mol. The lowest BCUT2D eigenvalue weighted by Crippen LogP contribution is -2.54. The number of nitrogens with zero attached hydrogens (tertiary/aromatic N) is 2. The normalized spacial score (nSPS) is 12.0. The van der Waals surface area contributed by atoms with Gasteiger partial charge in [0.2, 0.25) is 11.8 Å². The van der Waals surface area contributed by atoms with E-state index < -0.39 is 28.5 Å². The molecule has 7 nitrogen and oxygen atoms in total. The van der Waals surface area contributed by atoms with Crippen LogP contribution in [0.5, 0.6) is 0 Å². The third-order valence-electron chi connectivity index (χ3n) is 7.18. The second-order valence-corrected chi connectivity index (χ2v) is 13.4. The minimum absolute atomic E-state index is 0.00770. The molecule has 2 amide bonds. The minimum atomic E-state index is -4.16. The highest BCUT2D eigenvalue weighted by molar-refractivity contribution is 7.92. The fourth-order valence-electron chi connectivity index (χ4n) is 4.89. The van der Waals surface area contributed by atoms with Gasteiger partial charge in [-0.2, -0.15) is 0 Å². The Morgan fingerprint density at radius 3 is 2.11 bits per heavy atom. The van der Waals surface area contributed by atoms with E-state index in [1.165, 1.54) is 17.0 Å².